The number of thioether (sulfide) groups is 1. The molecule has 0 amide bonds. The first-order chi connectivity index (χ1) is 8.29. The highest BCUT2D eigenvalue weighted by molar-refractivity contribution is 7.99. The standard InChI is InChI=1S/C11H21NO4S2/c1-9(6-11(13)14)17-8-10-4-3-5-12(7-10)18(2,15)16/h9-10H,3-8H2,1-2H3,(H,13,14). The van der Waals surface area contributed by atoms with Crippen molar-refractivity contribution in [3.63, 3.8) is 0 Å². The Balaban J connectivity index is 2.37. The molecular weight excluding hydrogens is 274 g/mol. The molecule has 0 aromatic carbocycles. The number of carboxylic acid groups (broad SMARTS) is 1. The molecule has 1 aliphatic heterocycles. The van der Waals surface area contributed by atoms with E-state index in [0.717, 1.165) is 18.6 Å². The van der Waals surface area contributed by atoms with E-state index in [2.05, 4.69) is 0 Å². The lowest BCUT2D eigenvalue weighted by Crippen LogP contribution is -2.40. The number of carboxylic acids is 1. The van der Waals surface area contributed by atoms with Crippen LogP contribution in [0.3, 0.4) is 0 Å². The first-order valence-electron chi connectivity index (χ1n) is 6.07. The molecule has 1 aliphatic rings. The van der Waals surface area contributed by atoms with Gasteiger partial charge in [0.25, 0.3) is 0 Å². The smallest absolute Gasteiger partial charge is 0.304 e. The molecule has 5 nitrogen and oxygen atoms in total. The SMILES string of the molecule is CC(CC(=O)O)SCC1CCCN(S(C)(=O)=O)C1. The fourth-order valence-electron chi connectivity index (χ4n) is 2.07. The minimum absolute atomic E-state index is 0.0797. The molecule has 1 rings (SSSR count). The molecule has 106 valence electrons. The van der Waals surface area contributed by atoms with Crippen LogP contribution in [-0.2, 0) is 14.8 Å². The van der Waals surface area contributed by atoms with Gasteiger partial charge in [0.15, 0.2) is 0 Å². The molecule has 1 fully saturated rings. The van der Waals surface area contributed by atoms with Crippen LogP contribution in [0.4, 0.5) is 0 Å². The molecule has 0 radical (unpaired) electrons. The minimum Gasteiger partial charge on any atom is -0.481 e. The zero-order chi connectivity index (χ0) is 13.8. The van der Waals surface area contributed by atoms with Crippen LogP contribution in [0.1, 0.15) is 26.2 Å². The van der Waals surface area contributed by atoms with Crippen LogP contribution >= 0.6 is 11.8 Å². The van der Waals surface area contributed by atoms with E-state index >= 15 is 0 Å². The molecule has 2 atom stereocenters. The number of hydrogen-bond acceptors (Lipinski definition) is 4. The van der Waals surface area contributed by atoms with Crippen molar-refractivity contribution in [2.75, 3.05) is 25.1 Å². The third kappa shape index (κ3) is 5.58. The summed E-state index contributed by atoms with van der Waals surface area (Å²) in [7, 11) is -3.09. The van der Waals surface area contributed by atoms with Gasteiger partial charge < -0.3 is 5.11 Å². The lowest BCUT2D eigenvalue weighted by Gasteiger charge is -2.31. The Hall–Kier alpha value is -0.270. The zero-order valence-corrected chi connectivity index (χ0v) is 12.5. The average molecular weight is 295 g/mol. The molecule has 0 bridgehead atoms. The Labute approximate surface area is 113 Å². The van der Waals surface area contributed by atoms with E-state index in [0.29, 0.717) is 19.0 Å². The maximum atomic E-state index is 11.5. The van der Waals surface area contributed by atoms with Gasteiger partial charge in [0, 0.05) is 18.3 Å². The summed E-state index contributed by atoms with van der Waals surface area (Å²) >= 11 is 1.62. The summed E-state index contributed by atoms with van der Waals surface area (Å²) in [5.41, 5.74) is 0. The molecule has 0 saturated carbocycles. The third-order valence-corrected chi connectivity index (χ3v) is 5.70. The van der Waals surface area contributed by atoms with Crippen LogP contribution in [-0.4, -0.2) is 54.1 Å². The summed E-state index contributed by atoms with van der Waals surface area (Å²) in [6, 6.07) is 0. The van der Waals surface area contributed by atoms with Gasteiger partial charge in [-0.1, -0.05) is 6.92 Å². The molecule has 1 saturated heterocycles. The maximum absolute atomic E-state index is 11.5. The number of piperidine rings is 1. The van der Waals surface area contributed by atoms with Crippen molar-refractivity contribution in [2.45, 2.75) is 31.4 Å². The Bertz CT molecular complexity index is 383. The largest absolute Gasteiger partial charge is 0.481 e. The van der Waals surface area contributed by atoms with Gasteiger partial charge in [-0.3, -0.25) is 4.79 Å². The first kappa shape index (κ1) is 15.8. The van der Waals surface area contributed by atoms with E-state index in [-0.39, 0.29) is 11.7 Å². The highest BCUT2D eigenvalue weighted by Crippen LogP contribution is 2.25. The van der Waals surface area contributed by atoms with Gasteiger partial charge in [-0.15, -0.1) is 0 Å². The summed E-state index contributed by atoms with van der Waals surface area (Å²) in [5, 5.41) is 8.75. The van der Waals surface area contributed by atoms with Crippen molar-refractivity contribution >= 4 is 27.8 Å². The van der Waals surface area contributed by atoms with Gasteiger partial charge in [-0.05, 0) is 24.5 Å². The molecule has 7 heteroatoms. The van der Waals surface area contributed by atoms with E-state index in [9.17, 15) is 13.2 Å². The highest BCUT2D eigenvalue weighted by atomic mass is 32.2. The Kier molecular flexibility index (Phi) is 5.94. The van der Waals surface area contributed by atoms with E-state index < -0.39 is 16.0 Å². The maximum Gasteiger partial charge on any atom is 0.304 e. The number of sulfonamides is 1. The summed E-state index contributed by atoms with van der Waals surface area (Å²) < 4.78 is 24.4. The number of hydrogen-bond donors (Lipinski definition) is 1. The van der Waals surface area contributed by atoms with Crippen molar-refractivity contribution in [3.05, 3.63) is 0 Å². The fraction of sp³-hybridized carbons (Fsp3) is 0.909. The minimum atomic E-state index is -3.09. The molecule has 18 heavy (non-hydrogen) atoms. The summed E-state index contributed by atoms with van der Waals surface area (Å²) in [6.07, 6.45) is 3.33. The predicted molar refractivity (Wildman–Crippen MR) is 73.3 cm³/mol. The average Bonchev–Trinajstić information content (AvgIpc) is 2.25. The van der Waals surface area contributed by atoms with Gasteiger partial charge in [-0.2, -0.15) is 11.8 Å². The topological polar surface area (TPSA) is 74.7 Å². The second-order valence-electron chi connectivity index (χ2n) is 4.87. The number of rotatable bonds is 6. The van der Waals surface area contributed by atoms with E-state index in [1.54, 1.807) is 11.8 Å². The normalized spacial score (nSPS) is 23.8. The van der Waals surface area contributed by atoms with E-state index in [1.165, 1.54) is 10.6 Å². The molecule has 1 N–H and O–H groups in total. The molecule has 0 aromatic heterocycles. The number of nitrogens with zero attached hydrogens (tertiary/aromatic N) is 1. The van der Waals surface area contributed by atoms with Crippen LogP contribution in [0, 0.1) is 5.92 Å². The number of carbonyl (C=O) groups is 1. The van der Waals surface area contributed by atoms with Crippen LogP contribution < -0.4 is 0 Å². The third-order valence-electron chi connectivity index (χ3n) is 3.03. The lowest BCUT2D eigenvalue weighted by atomic mass is 10.0. The molecule has 0 aliphatic carbocycles. The van der Waals surface area contributed by atoms with Crippen molar-refractivity contribution in [1.82, 2.24) is 4.31 Å². The van der Waals surface area contributed by atoms with Crippen LogP contribution in [0.5, 0.6) is 0 Å². The molecule has 0 aromatic rings. The van der Waals surface area contributed by atoms with Crippen LogP contribution in [0.25, 0.3) is 0 Å². The summed E-state index contributed by atoms with van der Waals surface area (Å²) in [6.45, 7) is 3.09. The Morgan fingerprint density at radius 2 is 2.22 bits per heavy atom. The lowest BCUT2D eigenvalue weighted by molar-refractivity contribution is -0.136. The summed E-state index contributed by atoms with van der Waals surface area (Å²) in [4.78, 5) is 10.5. The quantitative estimate of drug-likeness (QED) is 0.798. The molecule has 0 spiro atoms. The first-order valence-corrected chi connectivity index (χ1v) is 8.97. The Morgan fingerprint density at radius 3 is 2.78 bits per heavy atom. The number of aliphatic carboxylic acids is 1. The monoisotopic (exact) mass is 295 g/mol. The van der Waals surface area contributed by atoms with Gasteiger partial charge in [-0.25, -0.2) is 12.7 Å². The van der Waals surface area contributed by atoms with Gasteiger partial charge in [0.2, 0.25) is 10.0 Å². The predicted octanol–water partition coefficient (Wildman–Crippen LogP) is 1.25. The molecular formula is C11H21NO4S2. The zero-order valence-electron chi connectivity index (χ0n) is 10.8. The van der Waals surface area contributed by atoms with E-state index in [1.807, 2.05) is 6.92 Å². The second-order valence-corrected chi connectivity index (χ2v) is 8.32. The molecule has 2 unspecified atom stereocenters. The van der Waals surface area contributed by atoms with Gasteiger partial charge in [0.1, 0.15) is 0 Å². The van der Waals surface area contributed by atoms with Crippen molar-refractivity contribution < 1.29 is 18.3 Å². The van der Waals surface area contributed by atoms with Crippen molar-refractivity contribution in [3.8, 4) is 0 Å². The highest BCUT2D eigenvalue weighted by Gasteiger charge is 2.26. The van der Waals surface area contributed by atoms with Crippen molar-refractivity contribution in [2.24, 2.45) is 5.92 Å². The second kappa shape index (κ2) is 6.77. The van der Waals surface area contributed by atoms with Gasteiger partial charge in [0.05, 0.1) is 12.7 Å². The summed E-state index contributed by atoms with van der Waals surface area (Å²) in [5.74, 6) is 0.395. The molecule has 1 heterocycles. The van der Waals surface area contributed by atoms with Crippen LogP contribution in [0.2, 0.25) is 0 Å². The van der Waals surface area contributed by atoms with E-state index in [4.69, 9.17) is 5.11 Å². The van der Waals surface area contributed by atoms with Crippen molar-refractivity contribution in [1.29, 1.82) is 0 Å². The van der Waals surface area contributed by atoms with Crippen LogP contribution in [0.15, 0.2) is 0 Å². The fourth-order valence-corrected chi connectivity index (χ4v) is 4.14. The van der Waals surface area contributed by atoms with Gasteiger partial charge >= 0.3 is 5.97 Å². The Morgan fingerprint density at radius 1 is 1.56 bits per heavy atom.